The summed E-state index contributed by atoms with van der Waals surface area (Å²) in [6.07, 6.45) is 10.4. The lowest BCUT2D eigenvalue weighted by molar-refractivity contribution is -0.145. The Bertz CT molecular complexity index is 321. The predicted molar refractivity (Wildman–Crippen MR) is 83.4 cm³/mol. The second kappa shape index (κ2) is 6.93. The fraction of sp³-hybridized carbons (Fsp3) is 0.941. The van der Waals surface area contributed by atoms with Crippen LogP contribution in [0.3, 0.4) is 0 Å². The molecule has 0 radical (unpaired) electrons. The van der Waals surface area contributed by atoms with Gasteiger partial charge in [-0.1, -0.05) is 39.5 Å². The Hall–Kier alpha value is -0.570. The summed E-state index contributed by atoms with van der Waals surface area (Å²) in [7, 11) is 0. The van der Waals surface area contributed by atoms with Gasteiger partial charge in [0.2, 0.25) is 5.91 Å². The van der Waals surface area contributed by atoms with Gasteiger partial charge in [-0.25, -0.2) is 0 Å². The summed E-state index contributed by atoms with van der Waals surface area (Å²) in [5.41, 5.74) is 5.89. The number of hydrogen-bond acceptors (Lipinski definition) is 2. The van der Waals surface area contributed by atoms with Crippen LogP contribution in [-0.4, -0.2) is 29.9 Å². The van der Waals surface area contributed by atoms with Crippen molar-refractivity contribution in [3.05, 3.63) is 0 Å². The maximum atomic E-state index is 13.3. The Labute approximate surface area is 124 Å². The van der Waals surface area contributed by atoms with E-state index in [1.165, 1.54) is 25.7 Å². The van der Waals surface area contributed by atoms with Crippen molar-refractivity contribution in [1.82, 2.24) is 4.90 Å². The lowest BCUT2D eigenvalue weighted by atomic mass is 9.77. The van der Waals surface area contributed by atoms with Crippen molar-refractivity contribution in [2.24, 2.45) is 17.1 Å². The Morgan fingerprint density at radius 2 is 1.90 bits per heavy atom. The van der Waals surface area contributed by atoms with E-state index in [4.69, 9.17) is 5.73 Å². The molecular formula is C17H32N2O. The van der Waals surface area contributed by atoms with E-state index in [2.05, 4.69) is 18.7 Å². The summed E-state index contributed by atoms with van der Waals surface area (Å²) < 4.78 is 0. The molecule has 1 atom stereocenters. The highest BCUT2D eigenvalue weighted by Crippen LogP contribution is 2.45. The van der Waals surface area contributed by atoms with Crippen LogP contribution in [0.1, 0.15) is 71.6 Å². The fourth-order valence-electron chi connectivity index (χ4n) is 4.33. The van der Waals surface area contributed by atoms with Crippen molar-refractivity contribution in [3.8, 4) is 0 Å². The largest absolute Gasteiger partial charge is 0.338 e. The van der Waals surface area contributed by atoms with Crippen LogP contribution in [0.4, 0.5) is 0 Å². The molecule has 1 aliphatic heterocycles. The maximum Gasteiger partial charge on any atom is 0.229 e. The van der Waals surface area contributed by atoms with Gasteiger partial charge in [0, 0.05) is 24.5 Å². The Morgan fingerprint density at radius 3 is 2.50 bits per heavy atom. The first kappa shape index (κ1) is 15.8. The Balaban J connectivity index is 2.16. The summed E-state index contributed by atoms with van der Waals surface area (Å²) in [6.45, 7) is 6.05. The number of nitrogens with two attached hydrogens (primary N) is 1. The van der Waals surface area contributed by atoms with Crippen LogP contribution in [0.25, 0.3) is 0 Å². The van der Waals surface area contributed by atoms with Crippen LogP contribution in [0.15, 0.2) is 0 Å². The third-order valence-corrected chi connectivity index (χ3v) is 5.22. The molecule has 0 spiro atoms. The van der Waals surface area contributed by atoms with Crippen molar-refractivity contribution >= 4 is 5.91 Å². The fourth-order valence-corrected chi connectivity index (χ4v) is 4.33. The zero-order chi connectivity index (χ0) is 14.6. The summed E-state index contributed by atoms with van der Waals surface area (Å²) in [4.78, 5) is 15.4. The third kappa shape index (κ3) is 3.36. The van der Waals surface area contributed by atoms with Crippen LogP contribution in [0, 0.1) is 11.3 Å². The van der Waals surface area contributed by atoms with Gasteiger partial charge in [-0.2, -0.15) is 0 Å². The zero-order valence-electron chi connectivity index (χ0n) is 13.4. The maximum absolute atomic E-state index is 13.3. The first-order valence-electron chi connectivity index (χ1n) is 8.60. The van der Waals surface area contributed by atoms with E-state index in [1.807, 2.05) is 0 Å². The standard InChI is InChI=1S/C17H32N2O/c1-14(2)12-17(9-5-6-10-17)16(20)19-11-7-3-4-8-15(19)13-18/h14-15H,3-13,18H2,1-2H3. The molecule has 0 aromatic carbocycles. The topological polar surface area (TPSA) is 46.3 Å². The lowest BCUT2D eigenvalue weighted by Gasteiger charge is -2.38. The van der Waals surface area contributed by atoms with Gasteiger partial charge in [0.05, 0.1) is 0 Å². The number of rotatable bonds is 4. The lowest BCUT2D eigenvalue weighted by Crippen LogP contribution is -2.50. The van der Waals surface area contributed by atoms with E-state index in [1.54, 1.807) is 0 Å². The van der Waals surface area contributed by atoms with Crippen molar-refractivity contribution in [2.75, 3.05) is 13.1 Å². The highest BCUT2D eigenvalue weighted by Gasteiger charge is 2.44. The van der Waals surface area contributed by atoms with Gasteiger partial charge < -0.3 is 10.6 Å². The summed E-state index contributed by atoms with van der Waals surface area (Å²) in [6, 6.07) is 0.287. The monoisotopic (exact) mass is 280 g/mol. The van der Waals surface area contributed by atoms with E-state index in [-0.39, 0.29) is 11.5 Å². The summed E-state index contributed by atoms with van der Waals surface area (Å²) >= 11 is 0. The first-order valence-corrected chi connectivity index (χ1v) is 8.60. The summed E-state index contributed by atoms with van der Waals surface area (Å²) in [5, 5.41) is 0. The van der Waals surface area contributed by atoms with E-state index in [9.17, 15) is 4.79 Å². The average molecular weight is 280 g/mol. The van der Waals surface area contributed by atoms with Gasteiger partial charge in [0.15, 0.2) is 0 Å². The van der Waals surface area contributed by atoms with Crippen molar-refractivity contribution < 1.29 is 4.79 Å². The summed E-state index contributed by atoms with van der Waals surface area (Å²) in [5.74, 6) is 1.03. The predicted octanol–water partition coefficient (Wildman–Crippen LogP) is 3.32. The van der Waals surface area contributed by atoms with Gasteiger partial charge in [-0.15, -0.1) is 0 Å². The second-order valence-electron chi connectivity index (χ2n) is 7.32. The third-order valence-electron chi connectivity index (χ3n) is 5.22. The quantitative estimate of drug-likeness (QED) is 0.858. The molecule has 1 amide bonds. The number of amides is 1. The molecule has 116 valence electrons. The number of likely N-dealkylation sites (tertiary alicyclic amines) is 1. The van der Waals surface area contributed by atoms with Gasteiger partial charge in [-0.05, 0) is 38.0 Å². The minimum Gasteiger partial charge on any atom is -0.338 e. The number of nitrogens with zero attached hydrogens (tertiary/aromatic N) is 1. The van der Waals surface area contributed by atoms with Crippen molar-refractivity contribution in [3.63, 3.8) is 0 Å². The van der Waals surface area contributed by atoms with Gasteiger partial charge in [0.1, 0.15) is 0 Å². The molecule has 2 N–H and O–H groups in total. The number of carbonyl (C=O) groups excluding carboxylic acids is 1. The van der Waals surface area contributed by atoms with Gasteiger partial charge in [0.25, 0.3) is 0 Å². The average Bonchev–Trinajstić information content (AvgIpc) is 2.75. The Morgan fingerprint density at radius 1 is 1.20 bits per heavy atom. The zero-order valence-corrected chi connectivity index (χ0v) is 13.4. The molecular weight excluding hydrogens is 248 g/mol. The minimum absolute atomic E-state index is 0.0636. The minimum atomic E-state index is -0.0636. The van der Waals surface area contributed by atoms with Gasteiger partial charge in [-0.3, -0.25) is 4.79 Å². The molecule has 2 rings (SSSR count). The molecule has 1 saturated heterocycles. The molecule has 3 nitrogen and oxygen atoms in total. The molecule has 1 saturated carbocycles. The molecule has 1 aliphatic carbocycles. The van der Waals surface area contributed by atoms with E-state index in [0.29, 0.717) is 18.4 Å². The van der Waals surface area contributed by atoms with E-state index in [0.717, 1.165) is 38.6 Å². The highest BCUT2D eigenvalue weighted by atomic mass is 16.2. The first-order chi connectivity index (χ1) is 9.59. The number of carbonyl (C=O) groups is 1. The molecule has 20 heavy (non-hydrogen) atoms. The Kier molecular flexibility index (Phi) is 5.48. The molecule has 0 aromatic rings. The van der Waals surface area contributed by atoms with Crippen LogP contribution >= 0.6 is 0 Å². The van der Waals surface area contributed by atoms with Gasteiger partial charge >= 0.3 is 0 Å². The van der Waals surface area contributed by atoms with Crippen molar-refractivity contribution in [2.45, 2.75) is 77.7 Å². The van der Waals surface area contributed by atoms with Crippen LogP contribution in [0.5, 0.6) is 0 Å². The van der Waals surface area contributed by atoms with Crippen LogP contribution < -0.4 is 5.73 Å². The molecule has 1 heterocycles. The number of hydrogen-bond donors (Lipinski definition) is 1. The second-order valence-corrected chi connectivity index (χ2v) is 7.32. The molecule has 0 bridgehead atoms. The SMILES string of the molecule is CC(C)CC1(C(=O)N2CCCCCC2CN)CCCC1. The van der Waals surface area contributed by atoms with Crippen LogP contribution in [0.2, 0.25) is 0 Å². The van der Waals surface area contributed by atoms with Crippen LogP contribution in [-0.2, 0) is 4.79 Å². The normalized spacial score (nSPS) is 26.8. The van der Waals surface area contributed by atoms with E-state index < -0.39 is 0 Å². The molecule has 3 heteroatoms. The van der Waals surface area contributed by atoms with E-state index >= 15 is 0 Å². The molecule has 2 aliphatic rings. The molecule has 2 fully saturated rings. The van der Waals surface area contributed by atoms with Crippen molar-refractivity contribution in [1.29, 1.82) is 0 Å². The molecule has 1 unspecified atom stereocenters. The highest BCUT2D eigenvalue weighted by molar-refractivity contribution is 5.83. The molecule has 0 aromatic heterocycles. The smallest absolute Gasteiger partial charge is 0.229 e.